The van der Waals surface area contributed by atoms with Gasteiger partial charge in [-0.2, -0.15) is 0 Å². The Bertz CT molecular complexity index is 672. The minimum absolute atomic E-state index is 0.0686. The fourth-order valence-corrected chi connectivity index (χ4v) is 2.89. The van der Waals surface area contributed by atoms with E-state index in [0.29, 0.717) is 19.6 Å². The minimum Gasteiger partial charge on any atom is -0.368 e. The van der Waals surface area contributed by atoms with Gasteiger partial charge in [0.2, 0.25) is 5.91 Å². The lowest BCUT2D eigenvalue weighted by Crippen LogP contribution is -2.58. The minimum atomic E-state index is -3.39. The summed E-state index contributed by atoms with van der Waals surface area (Å²) in [6, 6.07) is 5.04. The first kappa shape index (κ1) is 15.5. The van der Waals surface area contributed by atoms with Crippen LogP contribution < -0.4 is 11.1 Å². The number of amides is 2. The van der Waals surface area contributed by atoms with Crippen molar-refractivity contribution in [2.24, 2.45) is 5.73 Å². The summed E-state index contributed by atoms with van der Waals surface area (Å²) < 4.78 is 23.1. The summed E-state index contributed by atoms with van der Waals surface area (Å²) in [5.74, 6) is -0.986. The van der Waals surface area contributed by atoms with Gasteiger partial charge in [0.05, 0.1) is 4.90 Å². The van der Waals surface area contributed by atoms with E-state index in [0.717, 1.165) is 6.26 Å². The first-order valence-corrected chi connectivity index (χ1v) is 8.31. The van der Waals surface area contributed by atoms with Gasteiger partial charge < -0.3 is 16.0 Å². The van der Waals surface area contributed by atoms with Crippen LogP contribution in [0.5, 0.6) is 0 Å². The van der Waals surface area contributed by atoms with Crippen molar-refractivity contribution < 1.29 is 18.0 Å². The summed E-state index contributed by atoms with van der Waals surface area (Å²) >= 11 is 0. The highest BCUT2D eigenvalue weighted by molar-refractivity contribution is 7.90. The van der Waals surface area contributed by atoms with E-state index < -0.39 is 27.7 Å². The Kier molecular flexibility index (Phi) is 4.29. The van der Waals surface area contributed by atoms with E-state index in [-0.39, 0.29) is 10.5 Å². The Balaban J connectivity index is 2.33. The number of nitrogens with zero attached hydrogens (tertiary/aromatic N) is 1. The van der Waals surface area contributed by atoms with Crippen molar-refractivity contribution >= 4 is 21.7 Å². The van der Waals surface area contributed by atoms with Crippen LogP contribution in [0.3, 0.4) is 0 Å². The molecule has 1 aromatic rings. The molecule has 2 rings (SSSR count). The molecule has 1 fully saturated rings. The van der Waals surface area contributed by atoms with Crippen LogP contribution in [-0.2, 0) is 14.6 Å². The highest BCUT2D eigenvalue weighted by Gasteiger charge is 2.31. The SMILES string of the molecule is CS(=O)(=O)c1cccc(C(=O)N2CCNCC2C(N)=O)c1. The van der Waals surface area contributed by atoms with Crippen molar-refractivity contribution in [1.82, 2.24) is 10.2 Å². The number of nitrogens with one attached hydrogen (secondary N) is 1. The van der Waals surface area contributed by atoms with Crippen molar-refractivity contribution in [2.75, 3.05) is 25.9 Å². The molecule has 1 saturated heterocycles. The topological polar surface area (TPSA) is 110 Å². The molecule has 0 spiro atoms. The summed E-state index contributed by atoms with van der Waals surface area (Å²) in [5.41, 5.74) is 5.53. The third kappa shape index (κ3) is 3.40. The lowest BCUT2D eigenvalue weighted by molar-refractivity contribution is -0.122. The molecular weight excluding hydrogens is 294 g/mol. The largest absolute Gasteiger partial charge is 0.368 e. The van der Waals surface area contributed by atoms with Crippen LogP contribution in [0.25, 0.3) is 0 Å². The fraction of sp³-hybridized carbons (Fsp3) is 0.385. The van der Waals surface area contributed by atoms with E-state index in [1.807, 2.05) is 0 Å². The van der Waals surface area contributed by atoms with Gasteiger partial charge in [-0.05, 0) is 18.2 Å². The fourth-order valence-electron chi connectivity index (χ4n) is 2.23. The van der Waals surface area contributed by atoms with Crippen LogP contribution in [0, 0.1) is 0 Å². The Hall–Kier alpha value is -1.93. The van der Waals surface area contributed by atoms with Gasteiger partial charge in [0.1, 0.15) is 6.04 Å². The number of rotatable bonds is 3. The van der Waals surface area contributed by atoms with Gasteiger partial charge in [0, 0.05) is 31.5 Å². The zero-order valence-electron chi connectivity index (χ0n) is 11.6. The highest BCUT2D eigenvalue weighted by Crippen LogP contribution is 2.15. The summed E-state index contributed by atoms with van der Waals surface area (Å²) in [4.78, 5) is 25.4. The van der Waals surface area contributed by atoms with E-state index >= 15 is 0 Å². The average Bonchev–Trinajstić information content (AvgIpc) is 2.45. The number of hydrogen-bond acceptors (Lipinski definition) is 5. The van der Waals surface area contributed by atoms with Crippen molar-refractivity contribution in [3.8, 4) is 0 Å². The normalized spacial score (nSPS) is 19.3. The van der Waals surface area contributed by atoms with Crippen LogP contribution in [0.1, 0.15) is 10.4 Å². The van der Waals surface area contributed by atoms with Gasteiger partial charge in [0.25, 0.3) is 5.91 Å². The van der Waals surface area contributed by atoms with E-state index in [1.54, 1.807) is 0 Å². The third-order valence-electron chi connectivity index (χ3n) is 3.34. The molecule has 8 heteroatoms. The zero-order chi connectivity index (χ0) is 15.6. The predicted molar refractivity (Wildman–Crippen MR) is 76.4 cm³/mol. The first-order chi connectivity index (χ1) is 9.80. The second-order valence-electron chi connectivity index (χ2n) is 4.92. The van der Waals surface area contributed by atoms with E-state index in [9.17, 15) is 18.0 Å². The highest BCUT2D eigenvalue weighted by atomic mass is 32.2. The molecule has 1 atom stereocenters. The van der Waals surface area contributed by atoms with Gasteiger partial charge in [0.15, 0.2) is 9.84 Å². The van der Waals surface area contributed by atoms with Gasteiger partial charge in [-0.15, -0.1) is 0 Å². The summed E-state index contributed by atoms with van der Waals surface area (Å²) in [6.07, 6.45) is 1.08. The summed E-state index contributed by atoms with van der Waals surface area (Å²) in [5, 5.41) is 3.00. The number of hydrogen-bond donors (Lipinski definition) is 2. The van der Waals surface area contributed by atoms with Crippen molar-refractivity contribution in [2.45, 2.75) is 10.9 Å². The van der Waals surface area contributed by atoms with E-state index in [2.05, 4.69) is 5.32 Å². The third-order valence-corrected chi connectivity index (χ3v) is 4.45. The summed E-state index contributed by atoms with van der Waals surface area (Å²) in [6.45, 7) is 1.20. The molecule has 1 heterocycles. The number of carbonyl (C=O) groups is 2. The molecule has 3 N–H and O–H groups in total. The molecule has 0 aromatic heterocycles. The van der Waals surface area contributed by atoms with Crippen molar-refractivity contribution in [3.05, 3.63) is 29.8 Å². The molecule has 114 valence electrons. The standard InChI is InChI=1S/C13H17N3O4S/c1-21(19,20)10-4-2-3-9(7-10)13(18)16-6-5-15-8-11(16)12(14)17/h2-4,7,11,15H,5-6,8H2,1H3,(H2,14,17). The second-order valence-corrected chi connectivity index (χ2v) is 6.94. The molecule has 2 amide bonds. The monoisotopic (exact) mass is 311 g/mol. The predicted octanol–water partition coefficient (Wildman–Crippen LogP) is -1.01. The molecule has 0 aliphatic carbocycles. The van der Waals surface area contributed by atoms with E-state index in [4.69, 9.17) is 5.73 Å². The zero-order valence-corrected chi connectivity index (χ0v) is 12.4. The maximum absolute atomic E-state index is 12.5. The number of carbonyl (C=O) groups excluding carboxylic acids is 2. The van der Waals surface area contributed by atoms with Gasteiger partial charge >= 0.3 is 0 Å². The lowest BCUT2D eigenvalue weighted by atomic mass is 10.1. The Morgan fingerprint density at radius 1 is 1.38 bits per heavy atom. The molecule has 0 radical (unpaired) electrons. The van der Waals surface area contributed by atoms with Crippen LogP contribution in [0.2, 0.25) is 0 Å². The van der Waals surface area contributed by atoms with Crippen LogP contribution in [0.15, 0.2) is 29.2 Å². The number of sulfone groups is 1. The molecule has 1 aromatic carbocycles. The molecule has 0 bridgehead atoms. The molecule has 0 saturated carbocycles. The Morgan fingerprint density at radius 3 is 2.71 bits per heavy atom. The molecular formula is C13H17N3O4S. The van der Waals surface area contributed by atoms with Crippen molar-refractivity contribution in [1.29, 1.82) is 0 Å². The van der Waals surface area contributed by atoms with Gasteiger partial charge in [-0.1, -0.05) is 6.07 Å². The Morgan fingerprint density at radius 2 is 2.10 bits per heavy atom. The lowest BCUT2D eigenvalue weighted by Gasteiger charge is -2.34. The number of piperazine rings is 1. The molecule has 1 unspecified atom stereocenters. The van der Waals surface area contributed by atoms with Crippen molar-refractivity contribution in [3.63, 3.8) is 0 Å². The van der Waals surface area contributed by atoms with E-state index in [1.165, 1.54) is 29.2 Å². The average molecular weight is 311 g/mol. The molecule has 1 aliphatic heterocycles. The maximum Gasteiger partial charge on any atom is 0.254 e. The maximum atomic E-state index is 12.5. The van der Waals surface area contributed by atoms with Crippen LogP contribution >= 0.6 is 0 Å². The summed E-state index contributed by atoms with van der Waals surface area (Å²) in [7, 11) is -3.39. The van der Waals surface area contributed by atoms with Crippen LogP contribution in [-0.4, -0.2) is 57.1 Å². The smallest absolute Gasteiger partial charge is 0.254 e. The Labute approximate surface area is 123 Å². The first-order valence-electron chi connectivity index (χ1n) is 6.42. The second kappa shape index (κ2) is 5.82. The van der Waals surface area contributed by atoms with Gasteiger partial charge in [-0.3, -0.25) is 9.59 Å². The number of primary amides is 1. The molecule has 7 nitrogen and oxygen atoms in total. The van der Waals surface area contributed by atoms with Gasteiger partial charge in [-0.25, -0.2) is 8.42 Å². The van der Waals surface area contributed by atoms with Crippen LogP contribution in [0.4, 0.5) is 0 Å². The number of benzene rings is 1. The molecule has 21 heavy (non-hydrogen) atoms. The molecule has 1 aliphatic rings. The quantitative estimate of drug-likeness (QED) is 0.743. The number of nitrogens with two attached hydrogens (primary N) is 1.